The monoisotopic (exact) mass is 397 g/mol. The van der Waals surface area contributed by atoms with Crippen LogP contribution in [0.5, 0.6) is 0 Å². The van der Waals surface area contributed by atoms with E-state index in [9.17, 15) is 0 Å². The third-order valence-corrected chi connectivity index (χ3v) is 9.13. The molecule has 27 heavy (non-hydrogen) atoms. The molecule has 0 amide bonds. The van der Waals surface area contributed by atoms with E-state index >= 15 is 0 Å². The first-order valence-corrected chi connectivity index (χ1v) is 11.8. The van der Waals surface area contributed by atoms with Gasteiger partial charge >= 0.3 is 0 Å². The van der Waals surface area contributed by atoms with Crippen LogP contribution in [-0.4, -0.2) is 19.9 Å². The number of anilines is 2. The Labute approximate surface area is 166 Å². The van der Waals surface area contributed by atoms with Crippen LogP contribution in [0.25, 0.3) is 0 Å². The summed E-state index contributed by atoms with van der Waals surface area (Å²) in [4.78, 5) is 2.37. The largest absolute Gasteiger partial charge is 0.343 e. The number of hydrazone groups is 1. The molecule has 0 aliphatic carbocycles. The first kappa shape index (κ1) is 18.4. The van der Waals surface area contributed by atoms with Crippen molar-refractivity contribution in [2.24, 2.45) is 5.10 Å². The molecule has 0 fully saturated rings. The second-order valence-electron chi connectivity index (χ2n) is 7.19. The highest BCUT2D eigenvalue weighted by atomic mass is 32.4. The second-order valence-corrected chi connectivity index (χ2v) is 10.9. The Balaban J connectivity index is 1.93. The number of hydrogen-bond donors (Lipinski definition) is 0. The summed E-state index contributed by atoms with van der Waals surface area (Å²) in [6.07, 6.45) is -0.599. The van der Waals surface area contributed by atoms with E-state index in [4.69, 9.17) is 21.4 Å². The Morgan fingerprint density at radius 2 is 1.74 bits per heavy atom. The van der Waals surface area contributed by atoms with E-state index in [1.807, 2.05) is 41.3 Å². The lowest BCUT2D eigenvalue weighted by atomic mass is 9.84. The second kappa shape index (κ2) is 6.59. The molecular weight excluding hydrogens is 373 g/mol. The van der Waals surface area contributed by atoms with Gasteiger partial charge in [-0.1, -0.05) is 50.2 Å². The molecule has 0 aromatic heterocycles. The van der Waals surface area contributed by atoms with E-state index in [2.05, 4.69) is 49.9 Å². The number of benzene rings is 2. The Hall–Kier alpha value is -1.94. The number of hydrogen-bond acceptors (Lipinski definition) is 4. The zero-order valence-electron chi connectivity index (χ0n) is 16.1. The Kier molecular flexibility index (Phi) is 4.50. The lowest BCUT2D eigenvalue weighted by Gasteiger charge is -2.32. The van der Waals surface area contributed by atoms with Crippen molar-refractivity contribution in [3.63, 3.8) is 0 Å². The molecule has 0 N–H and O–H groups in total. The van der Waals surface area contributed by atoms with Gasteiger partial charge in [0.25, 0.3) is 0 Å². The number of para-hydroxylation sites is 2. The van der Waals surface area contributed by atoms with Crippen LogP contribution >= 0.6 is 6.42 Å². The molecule has 0 saturated heterocycles. The third-order valence-electron chi connectivity index (χ3n) is 5.37. The zero-order valence-corrected chi connectivity index (χ0v) is 17.8. The van der Waals surface area contributed by atoms with Gasteiger partial charge in [0, 0.05) is 30.5 Å². The van der Waals surface area contributed by atoms with E-state index in [-0.39, 0.29) is 5.41 Å². The molecule has 140 valence electrons. The highest BCUT2D eigenvalue weighted by Crippen LogP contribution is 2.65. The lowest BCUT2D eigenvalue weighted by molar-refractivity contribution is 0.462. The van der Waals surface area contributed by atoms with Gasteiger partial charge in [0.15, 0.2) is 0 Å². The highest BCUT2D eigenvalue weighted by molar-refractivity contribution is 8.15. The van der Waals surface area contributed by atoms with Crippen molar-refractivity contribution < 1.29 is 4.52 Å². The van der Waals surface area contributed by atoms with Gasteiger partial charge in [0.1, 0.15) is 0 Å². The van der Waals surface area contributed by atoms with Crippen LogP contribution in [0.15, 0.2) is 70.7 Å². The molecular formula is C21H24N3OPS. The number of likely N-dealkylation sites (N-methyl/N-ethyl adjacent to an activating group) is 1. The predicted molar refractivity (Wildman–Crippen MR) is 118 cm³/mol. The maximum absolute atomic E-state index is 6.15. The van der Waals surface area contributed by atoms with Crippen LogP contribution in [0.1, 0.15) is 26.3 Å². The quantitative estimate of drug-likeness (QED) is 0.642. The predicted octanol–water partition coefficient (Wildman–Crippen LogP) is 5.48. The Morgan fingerprint density at radius 1 is 1.07 bits per heavy atom. The highest BCUT2D eigenvalue weighted by Gasteiger charge is 2.47. The zero-order chi connectivity index (χ0) is 19.2. The van der Waals surface area contributed by atoms with Crippen LogP contribution < -0.4 is 9.68 Å². The molecule has 6 heteroatoms. The number of allylic oxidation sites excluding steroid dienone is 2. The molecule has 0 radical (unpaired) electrons. The minimum absolute atomic E-state index is 0.163. The van der Waals surface area contributed by atoms with Crippen molar-refractivity contribution in [2.45, 2.75) is 26.2 Å². The number of rotatable bonds is 3. The summed E-state index contributed by atoms with van der Waals surface area (Å²) in [7, 11) is 1.71. The molecule has 4 nitrogen and oxygen atoms in total. The molecule has 1 atom stereocenters. The summed E-state index contributed by atoms with van der Waals surface area (Å²) in [6.45, 7) is 7.57. The summed E-state index contributed by atoms with van der Waals surface area (Å²) >= 11 is 6.15. The first-order valence-electron chi connectivity index (χ1n) is 9.13. The fraction of sp³-hybridized carbons (Fsp3) is 0.286. The van der Waals surface area contributed by atoms with Gasteiger partial charge in [-0.05, 0) is 42.5 Å². The fourth-order valence-corrected chi connectivity index (χ4v) is 6.97. The van der Waals surface area contributed by atoms with E-state index < -0.39 is 6.42 Å². The van der Waals surface area contributed by atoms with Crippen LogP contribution in [-0.2, 0) is 21.7 Å². The van der Waals surface area contributed by atoms with Crippen molar-refractivity contribution >= 4 is 35.8 Å². The molecule has 0 bridgehead atoms. The molecule has 2 aliphatic heterocycles. The summed E-state index contributed by atoms with van der Waals surface area (Å²) in [6, 6.07) is 18.6. The lowest BCUT2D eigenvalue weighted by Crippen LogP contribution is -2.28. The minimum atomic E-state index is -2.52. The van der Waals surface area contributed by atoms with Gasteiger partial charge in [-0.3, -0.25) is 0 Å². The Bertz CT molecular complexity index is 984. The summed E-state index contributed by atoms with van der Waals surface area (Å²) < 4.78 is 7.92. The van der Waals surface area contributed by atoms with Gasteiger partial charge in [0.2, 0.25) is 6.42 Å². The summed E-state index contributed by atoms with van der Waals surface area (Å²) in [5.74, 6) is 0. The number of nitrogens with zero attached hydrogens (tertiary/aromatic N) is 3. The third kappa shape index (κ3) is 2.60. The van der Waals surface area contributed by atoms with Crippen molar-refractivity contribution in [1.82, 2.24) is 0 Å². The fourth-order valence-electron chi connectivity index (χ4n) is 4.11. The topological polar surface area (TPSA) is 28.1 Å². The SMILES string of the molecule is CCN1/C(=C2\C=NN(c3ccccc3)P2(=S)OC)C(C)(C)c2ccccc21. The van der Waals surface area contributed by atoms with Crippen LogP contribution in [0.4, 0.5) is 11.4 Å². The average molecular weight is 397 g/mol. The Morgan fingerprint density at radius 3 is 2.41 bits per heavy atom. The van der Waals surface area contributed by atoms with E-state index in [0.29, 0.717) is 0 Å². The first-order chi connectivity index (χ1) is 12.9. The van der Waals surface area contributed by atoms with Crippen LogP contribution in [0.2, 0.25) is 0 Å². The smallest absolute Gasteiger partial charge is 0.209 e. The van der Waals surface area contributed by atoms with E-state index in [1.165, 1.54) is 16.9 Å². The van der Waals surface area contributed by atoms with E-state index in [0.717, 1.165) is 17.5 Å². The van der Waals surface area contributed by atoms with Crippen molar-refractivity contribution in [3.8, 4) is 0 Å². The van der Waals surface area contributed by atoms with Crippen LogP contribution in [0.3, 0.4) is 0 Å². The molecule has 0 saturated carbocycles. The van der Waals surface area contributed by atoms with Gasteiger partial charge in [-0.15, -0.1) is 0 Å². The normalized spacial score (nSPS) is 25.9. The molecule has 1 unspecified atom stereocenters. The van der Waals surface area contributed by atoms with Gasteiger partial charge < -0.3 is 9.42 Å². The molecule has 0 spiro atoms. The molecule has 2 heterocycles. The van der Waals surface area contributed by atoms with Crippen LogP contribution in [0, 0.1) is 0 Å². The van der Waals surface area contributed by atoms with Gasteiger partial charge in [-0.2, -0.15) is 5.10 Å². The van der Waals surface area contributed by atoms with Gasteiger partial charge in [0.05, 0.1) is 17.2 Å². The van der Waals surface area contributed by atoms with Crippen molar-refractivity contribution in [2.75, 3.05) is 23.3 Å². The van der Waals surface area contributed by atoms with Gasteiger partial charge in [-0.25, -0.2) is 4.78 Å². The maximum atomic E-state index is 6.15. The maximum Gasteiger partial charge on any atom is 0.209 e. The minimum Gasteiger partial charge on any atom is -0.343 e. The standard InChI is InChI=1S/C21H24N3OPS/c1-5-23-18-14-10-9-13-17(18)21(2,3)20(23)19-15-22-24(26(19,27)25-4)16-11-7-6-8-12-16/h6-15H,5H2,1-4H3/b20-19+. The summed E-state index contributed by atoms with van der Waals surface area (Å²) in [5.41, 5.74) is 4.57. The van der Waals surface area contributed by atoms with E-state index in [1.54, 1.807) is 7.11 Å². The molecule has 2 aliphatic rings. The molecule has 2 aromatic rings. The molecule has 2 aromatic carbocycles. The molecule has 4 rings (SSSR count). The average Bonchev–Trinajstić information content (AvgIpc) is 3.14. The van der Waals surface area contributed by atoms with Crippen molar-refractivity contribution in [3.05, 3.63) is 71.2 Å². The van der Waals surface area contributed by atoms with Crippen molar-refractivity contribution in [1.29, 1.82) is 0 Å². The number of fused-ring (bicyclic) bond motifs is 1. The summed E-state index contributed by atoms with van der Waals surface area (Å²) in [5, 5.41) is 5.73.